The molecular formula is C14H16N2O4. The number of carboxylic acid groups (broad SMARTS) is 1. The van der Waals surface area contributed by atoms with E-state index in [9.17, 15) is 19.5 Å². The molecule has 0 unspecified atom stereocenters. The van der Waals surface area contributed by atoms with Crippen molar-refractivity contribution < 1.29 is 19.5 Å². The lowest BCUT2D eigenvalue weighted by Crippen LogP contribution is -2.59. The van der Waals surface area contributed by atoms with Gasteiger partial charge in [-0.25, -0.2) is 0 Å². The number of nitrogens with zero attached hydrogens (tertiary/aromatic N) is 2. The standard InChI is InChI=1S/C14H16N2O4/c1-13(2,12(19)20)14(3,4)16-10(17)8-5-6-15-7-9(8)11(16)18/h5-7H,1-4H3,(H,19,20). The zero-order chi connectivity index (χ0) is 15.3. The average Bonchev–Trinajstić information content (AvgIpc) is 2.62. The Kier molecular flexibility index (Phi) is 2.92. The van der Waals surface area contributed by atoms with Crippen LogP contribution in [0.4, 0.5) is 0 Å². The van der Waals surface area contributed by atoms with Gasteiger partial charge in [0.1, 0.15) is 0 Å². The Morgan fingerprint density at radius 3 is 2.20 bits per heavy atom. The van der Waals surface area contributed by atoms with E-state index in [1.165, 1.54) is 32.3 Å². The lowest BCUT2D eigenvalue weighted by atomic mass is 9.73. The van der Waals surface area contributed by atoms with E-state index in [4.69, 9.17) is 0 Å². The van der Waals surface area contributed by atoms with Gasteiger partial charge in [-0.2, -0.15) is 0 Å². The maximum atomic E-state index is 12.4. The summed E-state index contributed by atoms with van der Waals surface area (Å²) < 4.78 is 0. The van der Waals surface area contributed by atoms with Crippen molar-refractivity contribution in [3.63, 3.8) is 0 Å². The van der Waals surface area contributed by atoms with Gasteiger partial charge in [-0.15, -0.1) is 0 Å². The monoisotopic (exact) mass is 276 g/mol. The molecule has 1 aromatic rings. The molecule has 6 nitrogen and oxygen atoms in total. The van der Waals surface area contributed by atoms with Gasteiger partial charge < -0.3 is 5.11 Å². The molecule has 106 valence electrons. The van der Waals surface area contributed by atoms with Crippen LogP contribution in [0.15, 0.2) is 18.5 Å². The third-order valence-electron chi connectivity index (χ3n) is 4.31. The van der Waals surface area contributed by atoms with Gasteiger partial charge in [-0.05, 0) is 33.8 Å². The zero-order valence-corrected chi connectivity index (χ0v) is 11.8. The largest absolute Gasteiger partial charge is 0.481 e. The summed E-state index contributed by atoms with van der Waals surface area (Å²) in [6, 6.07) is 1.47. The molecule has 0 saturated carbocycles. The first-order valence-electron chi connectivity index (χ1n) is 6.18. The second-order valence-electron chi connectivity index (χ2n) is 5.86. The van der Waals surface area contributed by atoms with E-state index in [1.807, 2.05) is 0 Å². The number of pyridine rings is 1. The fraction of sp³-hybridized carbons (Fsp3) is 0.429. The second kappa shape index (κ2) is 4.13. The molecule has 0 radical (unpaired) electrons. The molecule has 1 aromatic heterocycles. The number of carbonyl (C=O) groups excluding carboxylic acids is 2. The molecule has 6 heteroatoms. The molecule has 20 heavy (non-hydrogen) atoms. The van der Waals surface area contributed by atoms with Crippen LogP contribution in [0.5, 0.6) is 0 Å². The number of rotatable bonds is 3. The molecule has 0 bridgehead atoms. The van der Waals surface area contributed by atoms with Crippen molar-refractivity contribution in [3.8, 4) is 0 Å². The van der Waals surface area contributed by atoms with E-state index in [2.05, 4.69) is 4.98 Å². The van der Waals surface area contributed by atoms with Crippen LogP contribution in [0.25, 0.3) is 0 Å². The third-order valence-corrected chi connectivity index (χ3v) is 4.31. The molecule has 0 saturated heterocycles. The predicted octanol–water partition coefficient (Wildman–Crippen LogP) is 1.57. The summed E-state index contributed by atoms with van der Waals surface area (Å²) in [5.41, 5.74) is -1.98. The number of carboxylic acids is 1. The summed E-state index contributed by atoms with van der Waals surface area (Å²) >= 11 is 0. The number of amides is 2. The Morgan fingerprint density at radius 2 is 1.70 bits per heavy atom. The summed E-state index contributed by atoms with van der Waals surface area (Å²) in [6.07, 6.45) is 2.77. The van der Waals surface area contributed by atoms with Crippen molar-refractivity contribution in [2.45, 2.75) is 33.2 Å². The van der Waals surface area contributed by atoms with Crippen LogP contribution in [-0.4, -0.2) is 38.3 Å². The van der Waals surface area contributed by atoms with Crippen LogP contribution in [0.2, 0.25) is 0 Å². The van der Waals surface area contributed by atoms with E-state index in [0.29, 0.717) is 0 Å². The average molecular weight is 276 g/mol. The minimum absolute atomic E-state index is 0.215. The van der Waals surface area contributed by atoms with Crippen LogP contribution < -0.4 is 0 Å². The van der Waals surface area contributed by atoms with E-state index in [1.54, 1.807) is 13.8 Å². The lowest BCUT2D eigenvalue weighted by Gasteiger charge is -2.43. The van der Waals surface area contributed by atoms with Gasteiger partial charge in [0, 0.05) is 12.4 Å². The molecule has 0 aliphatic carbocycles. The number of aromatic nitrogens is 1. The number of aliphatic carboxylic acids is 1. The Morgan fingerprint density at radius 1 is 1.15 bits per heavy atom. The first-order chi connectivity index (χ1) is 9.12. The minimum Gasteiger partial charge on any atom is -0.481 e. The predicted molar refractivity (Wildman–Crippen MR) is 70.2 cm³/mol. The van der Waals surface area contributed by atoms with Crippen molar-refractivity contribution >= 4 is 17.8 Å². The van der Waals surface area contributed by atoms with Gasteiger partial charge in [-0.1, -0.05) is 0 Å². The number of fused-ring (bicyclic) bond motifs is 1. The smallest absolute Gasteiger partial charge is 0.311 e. The first kappa shape index (κ1) is 14.2. The molecule has 0 aromatic carbocycles. The van der Waals surface area contributed by atoms with Crippen LogP contribution in [0, 0.1) is 5.41 Å². The van der Waals surface area contributed by atoms with E-state index in [0.717, 1.165) is 4.90 Å². The molecule has 0 atom stereocenters. The highest BCUT2D eigenvalue weighted by atomic mass is 16.4. The van der Waals surface area contributed by atoms with Gasteiger partial charge in [0.05, 0.1) is 22.1 Å². The third kappa shape index (κ3) is 1.64. The van der Waals surface area contributed by atoms with Crippen LogP contribution in [0.3, 0.4) is 0 Å². The number of hydrogen-bond acceptors (Lipinski definition) is 4. The normalized spacial score (nSPS) is 15.5. The zero-order valence-electron chi connectivity index (χ0n) is 11.8. The maximum Gasteiger partial charge on any atom is 0.311 e. The molecule has 0 spiro atoms. The SMILES string of the molecule is CC(C)(C(=O)O)C(C)(C)N1C(=O)c2ccncc2C1=O. The molecule has 1 aliphatic rings. The van der Waals surface area contributed by atoms with Crippen molar-refractivity contribution in [1.29, 1.82) is 0 Å². The molecule has 2 heterocycles. The highest BCUT2D eigenvalue weighted by Gasteiger charge is 2.54. The highest BCUT2D eigenvalue weighted by molar-refractivity contribution is 6.21. The maximum absolute atomic E-state index is 12.4. The number of hydrogen-bond donors (Lipinski definition) is 1. The Hall–Kier alpha value is -2.24. The molecule has 2 amide bonds. The van der Waals surface area contributed by atoms with Crippen molar-refractivity contribution in [1.82, 2.24) is 9.88 Å². The lowest BCUT2D eigenvalue weighted by molar-refractivity contribution is -0.153. The molecule has 0 fully saturated rings. The topological polar surface area (TPSA) is 87.6 Å². The number of imide groups is 1. The summed E-state index contributed by atoms with van der Waals surface area (Å²) in [7, 11) is 0. The molecule has 2 rings (SSSR count). The second-order valence-corrected chi connectivity index (χ2v) is 5.86. The van der Waals surface area contributed by atoms with Gasteiger partial charge in [-0.3, -0.25) is 24.3 Å². The summed E-state index contributed by atoms with van der Waals surface area (Å²) in [5.74, 6) is -2.05. The molecule has 1 aliphatic heterocycles. The van der Waals surface area contributed by atoms with Gasteiger partial charge in [0.25, 0.3) is 11.8 Å². The Labute approximate surface area is 116 Å². The Bertz CT molecular complexity index is 584. The van der Waals surface area contributed by atoms with Crippen LogP contribution in [-0.2, 0) is 4.79 Å². The van der Waals surface area contributed by atoms with E-state index in [-0.39, 0.29) is 11.1 Å². The summed E-state index contributed by atoms with van der Waals surface area (Å²) in [5, 5.41) is 9.37. The summed E-state index contributed by atoms with van der Waals surface area (Å²) in [6.45, 7) is 6.15. The van der Waals surface area contributed by atoms with E-state index < -0.39 is 28.7 Å². The van der Waals surface area contributed by atoms with Gasteiger partial charge in [0.2, 0.25) is 0 Å². The van der Waals surface area contributed by atoms with Gasteiger partial charge in [0.15, 0.2) is 0 Å². The fourth-order valence-electron chi connectivity index (χ4n) is 2.13. The quantitative estimate of drug-likeness (QED) is 0.846. The van der Waals surface area contributed by atoms with Crippen LogP contribution >= 0.6 is 0 Å². The van der Waals surface area contributed by atoms with Gasteiger partial charge >= 0.3 is 5.97 Å². The molecular weight excluding hydrogens is 260 g/mol. The first-order valence-corrected chi connectivity index (χ1v) is 6.18. The van der Waals surface area contributed by atoms with Crippen molar-refractivity contribution in [3.05, 3.63) is 29.6 Å². The molecule has 1 N–H and O–H groups in total. The fourth-order valence-corrected chi connectivity index (χ4v) is 2.13. The Balaban J connectivity index is 2.54. The minimum atomic E-state index is -1.28. The van der Waals surface area contributed by atoms with Crippen LogP contribution in [0.1, 0.15) is 48.4 Å². The van der Waals surface area contributed by atoms with Crippen molar-refractivity contribution in [2.75, 3.05) is 0 Å². The van der Waals surface area contributed by atoms with Crippen molar-refractivity contribution in [2.24, 2.45) is 5.41 Å². The van der Waals surface area contributed by atoms with E-state index >= 15 is 0 Å². The summed E-state index contributed by atoms with van der Waals surface area (Å²) in [4.78, 5) is 41.1. The highest BCUT2D eigenvalue weighted by Crippen LogP contribution is 2.40. The number of carbonyl (C=O) groups is 3.